The quantitative estimate of drug-likeness (QED) is 0.232. The van der Waals surface area contributed by atoms with Gasteiger partial charge in [0.05, 0.1) is 22.8 Å². The smallest absolute Gasteiger partial charge is 0.419 e. The van der Waals surface area contributed by atoms with Gasteiger partial charge in [0.2, 0.25) is 0 Å². The molecule has 0 radical (unpaired) electrons. The third kappa shape index (κ3) is 5.61. The Balaban J connectivity index is 0.000000384. The Morgan fingerprint density at radius 1 is 1.08 bits per heavy atom. The molecule has 3 heterocycles. The summed E-state index contributed by atoms with van der Waals surface area (Å²) in [5, 5.41) is 4.13. The van der Waals surface area contributed by atoms with E-state index in [-0.39, 0.29) is 12.1 Å². The molecular formula is C25H23F4N5O2. The van der Waals surface area contributed by atoms with Crippen LogP contribution in [0.1, 0.15) is 31.9 Å². The van der Waals surface area contributed by atoms with Crippen LogP contribution in [0.15, 0.2) is 48.8 Å². The van der Waals surface area contributed by atoms with Crippen LogP contribution in [0.4, 0.5) is 23.4 Å². The average Bonchev–Trinajstić information content (AvgIpc) is 3.42. The van der Waals surface area contributed by atoms with Gasteiger partial charge in [0.1, 0.15) is 17.2 Å². The topological polar surface area (TPSA) is 73.1 Å². The number of anilines is 1. The van der Waals surface area contributed by atoms with E-state index < -0.39 is 17.6 Å². The predicted molar refractivity (Wildman–Crippen MR) is 126 cm³/mol. The molecule has 0 saturated carbocycles. The Labute approximate surface area is 204 Å². The maximum absolute atomic E-state index is 13.5. The zero-order chi connectivity index (χ0) is 26.3. The lowest BCUT2D eigenvalue weighted by molar-refractivity contribution is -0.140. The molecule has 0 fully saturated rings. The number of ether oxygens (including phenoxy) is 1. The highest BCUT2D eigenvalue weighted by atomic mass is 19.4. The maximum atomic E-state index is 13.5. The predicted octanol–water partition coefficient (Wildman–Crippen LogP) is 5.55. The van der Waals surface area contributed by atoms with Crippen LogP contribution >= 0.6 is 0 Å². The van der Waals surface area contributed by atoms with E-state index in [0.717, 1.165) is 29.1 Å². The Morgan fingerprint density at radius 2 is 1.83 bits per heavy atom. The molecule has 0 amide bonds. The molecule has 0 spiro atoms. The molecule has 2 aliphatic rings. The second-order valence-corrected chi connectivity index (χ2v) is 9.24. The highest BCUT2D eigenvalue weighted by Crippen LogP contribution is 2.36. The van der Waals surface area contributed by atoms with Gasteiger partial charge in [-0.1, -0.05) is 12.1 Å². The molecule has 36 heavy (non-hydrogen) atoms. The standard InChI is InChI=1S/C20H13F4N5.C5H10O2/c1-28(9-11-2-4-15(21)14(6-11)20(22,23)24)18-8-25-17-7-12(3-5-16(17)26-18)13-10-29-19(13)27-29;1-5(2,3)7-4-6/h2-8,10H,9H2,1H3;4H,1-3H3. The number of nitrogens with zero attached hydrogens (tertiary/aromatic N) is 5. The molecule has 0 saturated heterocycles. The van der Waals surface area contributed by atoms with Gasteiger partial charge in [-0.15, -0.1) is 5.10 Å². The number of alkyl halides is 3. The fourth-order valence-electron chi connectivity index (χ4n) is 3.40. The number of rotatable bonds is 5. The minimum atomic E-state index is -4.74. The van der Waals surface area contributed by atoms with E-state index in [0.29, 0.717) is 28.9 Å². The second-order valence-electron chi connectivity index (χ2n) is 9.24. The summed E-state index contributed by atoms with van der Waals surface area (Å²) in [5.74, 6) is 0.182. The van der Waals surface area contributed by atoms with Gasteiger partial charge in [-0.05, 0) is 56.2 Å². The fraction of sp³-hybridized carbons (Fsp3) is 0.280. The molecular weight excluding hydrogens is 478 g/mol. The van der Waals surface area contributed by atoms with Crippen molar-refractivity contribution < 1.29 is 27.1 Å². The molecule has 188 valence electrons. The third-order valence-corrected chi connectivity index (χ3v) is 5.26. The summed E-state index contributed by atoms with van der Waals surface area (Å²) in [6.45, 7) is 6.05. The van der Waals surface area contributed by atoms with Gasteiger partial charge in [-0.25, -0.2) is 14.1 Å². The second kappa shape index (κ2) is 9.21. The first-order valence-electron chi connectivity index (χ1n) is 10.9. The number of carbonyl (C=O) groups is 1. The van der Waals surface area contributed by atoms with Gasteiger partial charge in [0, 0.05) is 25.4 Å². The molecule has 0 bridgehead atoms. The number of aromatic nitrogens is 4. The van der Waals surface area contributed by atoms with Crippen LogP contribution in [0.25, 0.3) is 28.0 Å². The van der Waals surface area contributed by atoms with Gasteiger partial charge in [-0.3, -0.25) is 9.78 Å². The number of fused-ring (bicyclic) bond motifs is 2. The highest BCUT2D eigenvalue weighted by molar-refractivity contribution is 5.85. The van der Waals surface area contributed by atoms with Crippen molar-refractivity contribution in [3.63, 3.8) is 0 Å². The third-order valence-electron chi connectivity index (χ3n) is 5.26. The lowest BCUT2D eigenvalue weighted by Crippen LogP contribution is -2.19. The van der Waals surface area contributed by atoms with E-state index >= 15 is 0 Å². The Hall–Kier alpha value is -4.02. The molecule has 0 atom stereocenters. The van der Waals surface area contributed by atoms with Crippen LogP contribution in [0.5, 0.6) is 0 Å². The molecule has 5 rings (SSSR count). The number of benzene rings is 2. The number of hydrogen-bond donors (Lipinski definition) is 0. The highest BCUT2D eigenvalue weighted by Gasteiger charge is 2.34. The molecule has 0 aliphatic carbocycles. The van der Waals surface area contributed by atoms with Crippen molar-refractivity contribution in [2.24, 2.45) is 0 Å². The van der Waals surface area contributed by atoms with Crippen LogP contribution in [0, 0.1) is 5.82 Å². The van der Waals surface area contributed by atoms with Gasteiger partial charge >= 0.3 is 6.18 Å². The lowest BCUT2D eigenvalue weighted by atomic mass is 10.1. The molecule has 11 heteroatoms. The van der Waals surface area contributed by atoms with Gasteiger partial charge < -0.3 is 9.64 Å². The first kappa shape index (κ1) is 25.1. The molecule has 1 aromatic heterocycles. The molecule has 0 unspecified atom stereocenters. The van der Waals surface area contributed by atoms with Crippen molar-refractivity contribution in [3.8, 4) is 16.9 Å². The van der Waals surface area contributed by atoms with E-state index in [2.05, 4.69) is 19.8 Å². The summed E-state index contributed by atoms with van der Waals surface area (Å²) in [7, 11) is 1.69. The van der Waals surface area contributed by atoms with Gasteiger partial charge in [-0.2, -0.15) is 13.2 Å². The molecule has 2 aromatic carbocycles. The van der Waals surface area contributed by atoms with E-state index in [9.17, 15) is 22.4 Å². The molecule has 0 N–H and O–H groups in total. The molecule has 7 nitrogen and oxygen atoms in total. The Morgan fingerprint density at radius 3 is 2.39 bits per heavy atom. The SMILES string of the molecule is CC(C)(C)OC=O.CN(Cc1ccc(F)c(C(F)(F)F)c1)c1cnc2cc(-c3cn4nc3-4)ccc2n1. The van der Waals surface area contributed by atoms with Crippen LogP contribution < -0.4 is 4.90 Å². The monoisotopic (exact) mass is 501 g/mol. The fourth-order valence-corrected chi connectivity index (χ4v) is 3.40. The first-order valence-corrected chi connectivity index (χ1v) is 10.9. The molecule has 2 aliphatic heterocycles. The summed E-state index contributed by atoms with van der Waals surface area (Å²) < 4.78 is 58.6. The van der Waals surface area contributed by atoms with E-state index in [4.69, 9.17) is 0 Å². The van der Waals surface area contributed by atoms with Gasteiger partial charge in [0.15, 0.2) is 5.82 Å². The normalized spacial score (nSPS) is 12.1. The lowest BCUT2D eigenvalue weighted by Gasteiger charge is -2.19. The minimum absolute atomic E-state index is 0.129. The minimum Gasteiger partial charge on any atom is -0.462 e. The van der Waals surface area contributed by atoms with Crippen molar-refractivity contribution in [1.82, 2.24) is 19.7 Å². The van der Waals surface area contributed by atoms with Crippen molar-refractivity contribution in [3.05, 3.63) is 65.7 Å². The van der Waals surface area contributed by atoms with Crippen LogP contribution in [-0.2, 0) is 22.3 Å². The Kier molecular flexibility index (Phi) is 6.42. The van der Waals surface area contributed by atoms with Crippen LogP contribution in [0.3, 0.4) is 0 Å². The zero-order valence-corrected chi connectivity index (χ0v) is 20.0. The van der Waals surface area contributed by atoms with E-state index in [1.807, 2.05) is 45.2 Å². The zero-order valence-electron chi connectivity index (χ0n) is 20.0. The molecule has 3 aromatic rings. The Bertz CT molecular complexity index is 1430. The summed E-state index contributed by atoms with van der Waals surface area (Å²) >= 11 is 0. The van der Waals surface area contributed by atoms with Crippen molar-refractivity contribution in [1.29, 1.82) is 0 Å². The maximum Gasteiger partial charge on any atom is 0.419 e. The summed E-state index contributed by atoms with van der Waals surface area (Å²) in [5.41, 5.74) is 2.18. The number of halogens is 4. The van der Waals surface area contributed by atoms with Crippen molar-refractivity contribution >= 4 is 23.3 Å². The van der Waals surface area contributed by atoms with Crippen molar-refractivity contribution in [2.75, 3.05) is 11.9 Å². The largest absolute Gasteiger partial charge is 0.462 e. The summed E-state index contributed by atoms with van der Waals surface area (Å²) in [4.78, 5) is 20.2. The number of carbonyl (C=O) groups excluding carboxylic acids is 1. The summed E-state index contributed by atoms with van der Waals surface area (Å²) in [6.07, 6.45) is -1.24. The van der Waals surface area contributed by atoms with Crippen LogP contribution in [0.2, 0.25) is 0 Å². The van der Waals surface area contributed by atoms with Crippen LogP contribution in [-0.4, -0.2) is 38.9 Å². The average molecular weight is 501 g/mol. The van der Waals surface area contributed by atoms with Crippen molar-refractivity contribution in [2.45, 2.75) is 39.1 Å². The van der Waals surface area contributed by atoms with E-state index in [1.165, 1.54) is 6.07 Å². The summed E-state index contributed by atoms with van der Waals surface area (Å²) in [6, 6.07) is 8.69. The first-order chi connectivity index (χ1) is 16.9. The van der Waals surface area contributed by atoms with Gasteiger partial charge in [0.25, 0.3) is 6.47 Å². The van der Waals surface area contributed by atoms with E-state index in [1.54, 1.807) is 22.8 Å². The number of hydrogen-bond acceptors (Lipinski definition) is 6.